The summed E-state index contributed by atoms with van der Waals surface area (Å²) in [5.41, 5.74) is 2.90. The third-order valence-corrected chi connectivity index (χ3v) is 4.93. The van der Waals surface area contributed by atoms with Gasteiger partial charge in [0.15, 0.2) is 11.6 Å². The average molecular weight is 367 g/mol. The van der Waals surface area contributed by atoms with Crippen LogP contribution in [0.2, 0.25) is 0 Å². The molecule has 4 aromatic rings. The fourth-order valence-corrected chi connectivity index (χ4v) is 3.65. The van der Waals surface area contributed by atoms with Crippen molar-refractivity contribution in [1.82, 2.24) is 4.98 Å². The molecule has 0 bridgehead atoms. The largest absolute Gasteiger partial charge is 0.460 e. The molecule has 2 heterocycles. The Kier molecular flexibility index (Phi) is 4.10. The Morgan fingerprint density at radius 2 is 1.89 bits per heavy atom. The number of H-pyrrole nitrogens is 1. The topological polar surface area (TPSA) is 46.0 Å². The standard InChI is InChI=1S/C22H19F2NO2/c1-11(2)21-16(15-6-4-5-12(3)22(15)27-21)9-13-10-18(26)25-20-14(13)7-8-17(23)19(20)24/h4-8,10-11H,9H2,1-3H3,(H,25,26). The highest BCUT2D eigenvalue weighted by molar-refractivity contribution is 5.87. The van der Waals surface area contributed by atoms with E-state index in [1.54, 1.807) is 0 Å². The van der Waals surface area contributed by atoms with Crippen LogP contribution in [0.3, 0.4) is 0 Å². The number of para-hydroxylation sites is 1. The summed E-state index contributed by atoms with van der Waals surface area (Å²) >= 11 is 0. The summed E-state index contributed by atoms with van der Waals surface area (Å²) in [4.78, 5) is 14.5. The number of rotatable bonds is 3. The molecule has 0 saturated carbocycles. The maximum Gasteiger partial charge on any atom is 0.248 e. The van der Waals surface area contributed by atoms with Gasteiger partial charge >= 0.3 is 0 Å². The second-order valence-corrected chi connectivity index (χ2v) is 7.17. The van der Waals surface area contributed by atoms with Crippen LogP contribution in [0.4, 0.5) is 8.78 Å². The van der Waals surface area contributed by atoms with Gasteiger partial charge in [0.1, 0.15) is 11.3 Å². The van der Waals surface area contributed by atoms with Gasteiger partial charge in [0.25, 0.3) is 0 Å². The van der Waals surface area contributed by atoms with Gasteiger partial charge in [-0.2, -0.15) is 0 Å². The zero-order valence-corrected chi connectivity index (χ0v) is 15.3. The molecule has 2 aromatic heterocycles. The summed E-state index contributed by atoms with van der Waals surface area (Å²) in [6.45, 7) is 6.07. The van der Waals surface area contributed by atoms with Crippen LogP contribution in [0.25, 0.3) is 21.9 Å². The van der Waals surface area contributed by atoms with Crippen LogP contribution >= 0.6 is 0 Å². The van der Waals surface area contributed by atoms with E-state index < -0.39 is 17.2 Å². The first kappa shape index (κ1) is 17.5. The highest BCUT2D eigenvalue weighted by Gasteiger charge is 2.20. The van der Waals surface area contributed by atoms with Crippen LogP contribution in [0, 0.1) is 18.6 Å². The van der Waals surface area contributed by atoms with Gasteiger partial charge in [0.05, 0.1) is 5.52 Å². The number of halogens is 2. The highest BCUT2D eigenvalue weighted by atomic mass is 19.2. The molecule has 5 heteroatoms. The fraction of sp³-hybridized carbons (Fsp3) is 0.227. The maximum atomic E-state index is 14.2. The number of hydrogen-bond acceptors (Lipinski definition) is 2. The first-order valence-corrected chi connectivity index (χ1v) is 8.87. The molecule has 0 fully saturated rings. The molecule has 4 rings (SSSR count). The van der Waals surface area contributed by atoms with Crippen molar-refractivity contribution in [1.29, 1.82) is 0 Å². The summed E-state index contributed by atoms with van der Waals surface area (Å²) in [5.74, 6) is -1.03. The van der Waals surface area contributed by atoms with Gasteiger partial charge < -0.3 is 9.40 Å². The summed E-state index contributed by atoms with van der Waals surface area (Å²) in [7, 11) is 0. The minimum Gasteiger partial charge on any atom is -0.460 e. The fourth-order valence-electron chi connectivity index (χ4n) is 3.65. The molecule has 3 nitrogen and oxygen atoms in total. The van der Waals surface area contributed by atoms with E-state index in [0.29, 0.717) is 17.4 Å². The Hall–Kier alpha value is -2.95. The number of aromatic nitrogens is 1. The molecule has 138 valence electrons. The van der Waals surface area contributed by atoms with Gasteiger partial charge in [0.2, 0.25) is 5.56 Å². The molecular formula is C22H19F2NO2. The zero-order chi connectivity index (χ0) is 19.3. The van der Waals surface area contributed by atoms with Crippen molar-refractivity contribution < 1.29 is 13.2 Å². The third kappa shape index (κ3) is 2.83. The predicted molar refractivity (Wildman–Crippen MR) is 102 cm³/mol. The van der Waals surface area contributed by atoms with Gasteiger partial charge in [0, 0.05) is 34.7 Å². The maximum absolute atomic E-state index is 14.2. The molecule has 0 saturated heterocycles. The predicted octanol–water partition coefficient (Wildman–Crippen LogP) is 5.58. The van der Waals surface area contributed by atoms with E-state index in [2.05, 4.69) is 4.98 Å². The van der Waals surface area contributed by atoms with Gasteiger partial charge in [-0.3, -0.25) is 4.79 Å². The number of fused-ring (bicyclic) bond motifs is 2. The van der Waals surface area contributed by atoms with Gasteiger partial charge in [-0.15, -0.1) is 0 Å². The lowest BCUT2D eigenvalue weighted by atomic mass is 9.95. The van der Waals surface area contributed by atoms with Gasteiger partial charge in [-0.1, -0.05) is 32.0 Å². The van der Waals surface area contributed by atoms with E-state index in [1.807, 2.05) is 39.0 Å². The van der Waals surface area contributed by atoms with E-state index in [1.165, 1.54) is 12.1 Å². The number of furan rings is 1. The normalized spacial score (nSPS) is 11.8. The minimum atomic E-state index is -1.04. The smallest absolute Gasteiger partial charge is 0.248 e. The van der Waals surface area contributed by atoms with Crippen molar-refractivity contribution in [3.05, 3.63) is 80.8 Å². The Balaban J connectivity index is 1.98. The second-order valence-electron chi connectivity index (χ2n) is 7.17. The number of aryl methyl sites for hydroxylation is 1. The minimum absolute atomic E-state index is 0.104. The molecule has 1 N–H and O–H groups in total. The summed E-state index contributed by atoms with van der Waals surface area (Å²) < 4.78 is 33.9. The van der Waals surface area contributed by atoms with Crippen LogP contribution < -0.4 is 5.56 Å². The number of benzene rings is 2. The Labute approximate surface area is 154 Å². The number of pyridine rings is 1. The van der Waals surface area contributed by atoms with E-state index in [0.717, 1.165) is 33.9 Å². The Morgan fingerprint density at radius 1 is 1.11 bits per heavy atom. The number of nitrogens with one attached hydrogen (secondary N) is 1. The van der Waals surface area contributed by atoms with Crippen LogP contribution in [-0.4, -0.2) is 4.98 Å². The van der Waals surface area contributed by atoms with Crippen LogP contribution in [0.1, 0.15) is 42.2 Å². The molecule has 0 amide bonds. The Bertz CT molecular complexity index is 1230. The molecule has 0 unspecified atom stereocenters. The van der Waals surface area contributed by atoms with Crippen LogP contribution in [0.15, 0.2) is 45.6 Å². The monoisotopic (exact) mass is 367 g/mol. The van der Waals surface area contributed by atoms with E-state index >= 15 is 0 Å². The lowest BCUT2D eigenvalue weighted by Gasteiger charge is -2.10. The molecular weight excluding hydrogens is 348 g/mol. The van der Waals surface area contributed by atoms with Crippen molar-refractivity contribution in [3.8, 4) is 0 Å². The lowest BCUT2D eigenvalue weighted by Crippen LogP contribution is -2.09. The summed E-state index contributed by atoms with van der Waals surface area (Å²) in [6.07, 6.45) is 0.398. The first-order chi connectivity index (χ1) is 12.9. The molecule has 0 aliphatic heterocycles. The van der Waals surface area contributed by atoms with Crippen molar-refractivity contribution in [2.75, 3.05) is 0 Å². The Morgan fingerprint density at radius 3 is 2.63 bits per heavy atom. The number of aromatic amines is 1. The van der Waals surface area contributed by atoms with Crippen LogP contribution in [0.5, 0.6) is 0 Å². The lowest BCUT2D eigenvalue weighted by molar-refractivity contribution is 0.514. The van der Waals surface area contributed by atoms with Crippen molar-refractivity contribution >= 4 is 21.9 Å². The second kappa shape index (κ2) is 6.34. The SMILES string of the molecule is Cc1cccc2c(Cc3cc(=O)[nH]c4c(F)c(F)ccc34)c(C(C)C)oc12. The molecule has 0 aliphatic rings. The highest BCUT2D eigenvalue weighted by Crippen LogP contribution is 2.35. The average Bonchev–Trinajstić information content (AvgIpc) is 2.99. The summed E-state index contributed by atoms with van der Waals surface area (Å²) in [5, 5.41) is 1.47. The number of hydrogen-bond donors (Lipinski definition) is 1. The van der Waals surface area contributed by atoms with E-state index in [4.69, 9.17) is 4.42 Å². The third-order valence-electron chi connectivity index (χ3n) is 4.93. The molecule has 27 heavy (non-hydrogen) atoms. The van der Waals surface area contributed by atoms with Crippen LogP contribution in [-0.2, 0) is 6.42 Å². The van der Waals surface area contributed by atoms with E-state index in [9.17, 15) is 13.6 Å². The molecule has 0 aliphatic carbocycles. The first-order valence-electron chi connectivity index (χ1n) is 8.87. The van der Waals surface area contributed by atoms with Gasteiger partial charge in [-0.25, -0.2) is 8.78 Å². The molecule has 0 atom stereocenters. The van der Waals surface area contributed by atoms with Gasteiger partial charge in [-0.05, 0) is 30.2 Å². The van der Waals surface area contributed by atoms with Crippen molar-refractivity contribution in [2.45, 2.75) is 33.1 Å². The molecule has 2 aromatic carbocycles. The molecule has 0 spiro atoms. The quantitative estimate of drug-likeness (QED) is 0.514. The van der Waals surface area contributed by atoms with Crippen molar-refractivity contribution in [2.24, 2.45) is 0 Å². The molecule has 0 radical (unpaired) electrons. The zero-order valence-electron chi connectivity index (χ0n) is 15.3. The van der Waals surface area contributed by atoms with E-state index in [-0.39, 0.29) is 11.4 Å². The summed E-state index contributed by atoms with van der Waals surface area (Å²) in [6, 6.07) is 9.97. The van der Waals surface area contributed by atoms with Crippen molar-refractivity contribution in [3.63, 3.8) is 0 Å².